The van der Waals surface area contributed by atoms with Crippen LogP contribution in [0.2, 0.25) is 0 Å². The fraction of sp³-hybridized carbons (Fsp3) is 0.188. The molecule has 1 unspecified atom stereocenters. The van der Waals surface area contributed by atoms with E-state index >= 15 is 0 Å². The minimum absolute atomic E-state index is 0.319. The summed E-state index contributed by atoms with van der Waals surface area (Å²) in [6, 6.07) is 14.7. The first-order chi connectivity index (χ1) is 8.86. The third-order valence-corrected chi connectivity index (χ3v) is 2.84. The van der Waals surface area contributed by atoms with Gasteiger partial charge < -0.3 is 5.32 Å². The van der Waals surface area contributed by atoms with Crippen LogP contribution in [0.4, 0.5) is 0 Å². The van der Waals surface area contributed by atoms with Gasteiger partial charge >= 0.3 is 0 Å². The largest absolute Gasteiger partial charge is 0.307 e. The lowest BCUT2D eigenvalue weighted by atomic mass is 10.1. The van der Waals surface area contributed by atoms with E-state index in [1.807, 2.05) is 30.5 Å². The van der Waals surface area contributed by atoms with Crippen LogP contribution in [0.15, 0.2) is 60.9 Å². The number of benzene rings is 1. The number of rotatable bonds is 5. The molecule has 0 aliphatic heterocycles. The molecule has 2 aromatic rings. The van der Waals surface area contributed by atoms with E-state index in [9.17, 15) is 0 Å². The Morgan fingerprint density at radius 2 is 2.00 bits per heavy atom. The zero-order valence-electron chi connectivity index (χ0n) is 10.6. The fourth-order valence-corrected chi connectivity index (χ4v) is 1.75. The van der Waals surface area contributed by atoms with E-state index in [0.717, 1.165) is 6.54 Å². The summed E-state index contributed by atoms with van der Waals surface area (Å²) in [5.41, 5.74) is 2.44. The van der Waals surface area contributed by atoms with Gasteiger partial charge in [-0.05, 0) is 24.1 Å². The van der Waals surface area contributed by atoms with Crippen molar-refractivity contribution in [2.45, 2.75) is 13.0 Å². The van der Waals surface area contributed by atoms with Crippen molar-refractivity contribution in [3.8, 4) is 0 Å². The molecule has 2 rings (SSSR count). The normalized spacial score (nSPS) is 12.7. The van der Waals surface area contributed by atoms with Crippen molar-refractivity contribution in [2.75, 3.05) is 6.54 Å². The standard InChI is InChI=1S/C16H18N2/c1-14(16-10-6-11-17-13-16)18-12-5-9-15-7-3-2-4-8-15/h2-11,13-14,18H,12H2,1H3. The lowest BCUT2D eigenvalue weighted by Crippen LogP contribution is -2.18. The SMILES string of the molecule is CC(NCC=Cc1ccccc1)c1cccnc1. The first kappa shape index (κ1) is 12.5. The van der Waals surface area contributed by atoms with Crippen molar-refractivity contribution in [2.24, 2.45) is 0 Å². The van der Waals surface area contributed by atoms with Crippen LogP contribution in [0.3, 0.4) is 0 Å². The van der Waals surface area contributed by atoms with Crippen molar-refractivity contribution in [1.29, 1.82) is 0 Å². The molecule has 0 bridgehead atoms. The maximum Gasteiger partial charge on any atom is 0.0315 e. The fourth-order valence-electron chi connectivity index (χ4n) is 1.75. The highest BCUT2D eigenvalue weighted by Crippen LogP contribution is 2.09. The van der Waals surface area contributed by atoms with Gasteiger partial charge in [-0.3, -0.25) is 4.98 Å². The van der Waals surface area contributed by atoms with Crippen LogP contribution in [-0.4, -0.2) is 11.5 Å². The second-order valence-corrected chi connectivity index (χ2v) is 4.23. The highest BCUT2D eigenvalue weighted by molar-refractivity contribution is 5.48. The van der Waals surface area contributed by atoms with Gasteiger partial charge in [0.15, 0.2) is 0 Å². The van der Waals surface area contributed by atoms with Crippen LogP contribution in [-0.2, 0) is 0 Å². The summed E-state index contributed by atoms with van der Waals surface area (Å²) in [6.45, 7) is 3.00. The molecule has 0 aliphatic carbocycles. The molecule has 2 heteroatoms. The molecule has 1 atom stereocenters. The molecule has 0 radical (unpaired) electrons. The molecule has 0 saturated carbocycles. The predicted molar refractivity (Wildman–Crippen MR) is 76.1 cm³/mol. The van der Waals surface area contributed by atoms with E-state index in [-0.39, 0.29) is 0 Å². The zero-order chi connectivity index (χ0) is 12.6. The van der Waals surface area contributed by atoms with Crippen LogP contribution in [0.1, 0.15) is 24.1 Å². The summed E-state index contributed by atoms with van der Waals surface area (Å²) in [5, 5.41) is 3.44. The Balaban J connectivity index is 1.81. The third kappa shape index (κ3) is 3.82. The molecule has 2 nitrogen and oxygen atoms in total. The monoisotopic (exact) mass is 238 g/mol. The Kier molecular flexibility index (Phi) is 4.68. The van der Waals surface area contributed by atoms with Gasteiger partial charge in [0.05, 0.1) is 0 Å². The van der Waals surface area contributed by atoms with Crippen LogP contribution < -0.4 is 5.32 Å². The van der Waals surface area contributed by atoms with Crippen molar-refractivity contribution >= 4 is 6.08 Å². The molecule has 0 spiro atoms. The van der Waals surface area contributed by atoms with Crippen LogP contribution in [0.25, 0.3) is 6.08 Å². The molecule has 92 valence electrons. The summed E-state index contributed by atoms with van der Waals surface area (Å²) in [7, 11) is 0. The number of aromatic nitrogens is 1. The summed E-state index contributed by atoms with van der Waals surface area (Å²) < 4.78 is 0. The average molecular weight is 238 g/mol. The van der Waals surface area contributed by atoms with Gasteiger partial charge in [0.1, 0.15) is 0 Å². The molecule has 1 aromatic carbocycles. The second kappa shape index (κ2) is 6.72. The Labute approximate surface area is 108 Å². The number of nitrogens with zero attached hydrogens (tertiary/aromatic N) is 1. The highest BCUT2D eigenvalue weighted by atomic mass is 14.9. The predicted octanol–water partition coefficient (Wildman–Crippen LogP) is 3.45. The lowest BCUT2D eigenvalue weighted by molar-refractivity contribution is 0.616. The molecule has 0 saturated heterocycles. The maximum absolute atomic E-state index is 4.12. The van der Waals surface area contributed by atoms with Gasteiger partial charge in [0.25, 0.3) is 0 Å². The van der Waals surface area contributed by atoms with Gasteiger partial charge in [-0.2, -0.15) is 0 Å². The molecule has 1 heterocycles. The van der Waals surface area contributed by atoms with E-state index in [4.69, 9.17) is 0 Å². The minimum atomic E-state index is 0.319. The average Bonchev–Trinajstić information content (AvgIpc) is 2.45. The maximum atomic E-state index is 4.12. The molecule has 1 N–H and O–H groups in total. The number of hydrogen-bond acceptors (Lipinski definition) is 2. The van der Waals surface area contributed by atoms with E-state index in [0.29, 0.717) is 6.04 Å². The number of pyridine rings is 1. The van der Waals surface area contributed by atoms with Crippen LogP contribution >= 0.6 is 0 Å². The Morgan fingerprint density at radius 1 is 1.17 bits per heavy atom. The first-order valence-electron chi connectivity index (χ1n) is 6.21. The van der Waals surface area contributed by atoms with Crippen LogP contribution in [0, 0.1) is 0 Å². The zero-order valence-corrected chi connectivity index (χ0v) is 10.6. The minimum Gasteiger partial charge on any atom is -0.307 e. The van der Waals surface area contributed by atoms with Crippen molar-refractivity contribution in [3.05, 3.63) is 72.1 Å². The van der Waals surface area contributed by atoms with E-state index in [2.05, 4.69) is 47.6 Å². The Bertz CT molecular complexity index is 477. The summed E-state index contributed by atoms with van der Waals surface area (Å²) >= 11 is 0. The third-order valence-electron chi connectivity index (χ3n) is 2.84. The van der Waals surface area contributed by atoms with Gasteiger partial charge in [-0.15, -0.1) is 0 Å². The smallest absolute Gasteiger partial charge is 0.0315 e. The molecule has 18 heavy (non-hydrogen) atoms. The van der Waals surface area contributed by atoms with E-state index in [1.165, 1.54) is 11.1 Å². The molecule has 0 fully saturated rings. The second-order valence-electron chi connectivity index (χ2n) is 4.23. The summed E-state index contributed by atoms with van der Waals surface area (Å²) in [6.07, 6.45) is 7.97. The Hall–Kier alpha value is -1.93. The van der Waals surface area contributed by atoms with E-state index < -0.39 is 0 Å². The first-order valence-corrected chi connectivity index (χ1v) is 6.21. The van der Waals surface area contributed by atoms with E-state index in [1.54, 1.807) is 6.20 Å². The van der Waals surface area contributed by atoms with Crippen molar-refractivity contribution < 1.29 is 0 Å². The van der Waals surface area contributed by atoms with Gasteiger partial charge in [0.2, 0.25) is 0 Å². The van der Waals surface area contributed by atoms with Gasteiger partial charge in [0, 0.05) is 25.0 Å². The van der Waals surface area contributed by atoms with Gasteiger partial charge in [-0.25, -0.2) is 0 Å². The molecular weight excluding hydrogens is 220 g/mol. The highest BCUT2D eigenvalue weighted by Gasteiger charge is 2.01. The molecule has 0 amide bonds. The van der Waals surface area contributed by atoms with Crippen molar-refractivity contribution in [3.63, 3.8) is 0 Å². The number of hydrogen-bond donors (Lipinski definition) is 1. The van der Waals surface area contributed by atoms with Crippen molar-refractivity contribution in [1.82, 2.24) is 10.3 Å². The summed E-state index contributed by atoms with van der Waals surface area (Å²) in [5.74, 6) is 0. The summed E-state index contributed by atoms with van der Waals surface area (Å²) in [4.78, 5) is 4.12. The Morgan fingerprint density at radius 3 is 2.72 bits per heavy atom. The topological polar surface area (TPSA) is 24.9 Å². The molecule has 0 aliphatic rings. The molecular formula is C16H18N2. The molecule has 1 aromatic heterocycles. The quantitative estimate of drug-likeness (QED) is 0.863. The lowest BCUT2D eigenvalue weighted by Gasteiger charge is -2.11. The van der Waals surface area contributed by atoms with Crippen LogP contribution in [0.5, 0.6) is 0 Å². The number of nitrogens with one attached hydrogen (secondary N) is 1. The van der Waals surface area contributed by atoms with Gasteiger partial charge in [-0.1, -0.05) is 48.6 Å².